The fraction of sp³-hybridized carbons (Fsp3) is 0.778. The number of carbonyl (C=O) groups excluding carboxylic acids is 1. The Hall–Kier alpha value is -0.840. The molecule has 0 unspecified atom stereocenters. The van der Waals surface area contributed by atoms with Gasteiger partial charge in [0.25, 0.3) is 0 Å². The van der Waals surface area contributed by atoms with Crippen LogP contribution < -0.4 is 0 Å². The molecule has 0 saturated heterocycles. The van der Waals surface area contributed by atoms with Crippen molar-refractivity contribution < 1.29 is 4.79 Å². The maximum Gasteiger partial charge on any atom is 0.132 e. The Morgan fingerprint density at radius 1 is 1.45 bits per heavy atom. The summed E-state index contributed by atoms with van der Waals surface area (Å²) in [6.07, 6.45) is 5.16. The normalized spacial score (nSPS) is 19.7. The largest absolute Gasteiger partial charge is 0.300 e. The van der Waals surface area contributed by atoms with Crippen molar-refractivity contribution in [2.24, 2.45) is 5.92 Å². The smallest absolute Gasteiger partial charge is 0.132 e. The van der Waals surface area contributed by atoms with Crippen molar-refractivity contribution in [1.29, 1.82) is 5.26 Å². The van der Waals surface area contributed by atoms with Crippen molar-refractivity contribution in [3.63, 3.8) is 0 Å². The van der Waals surface area contributed by atoms with Gasteiger partial charge in [0.1, 0.15) is 5.78 Å². The van der Waals surface area contributed by atoms with Crippen LogP contribution in [0.5, 0.6) is 0 Å². The molecule has 1 fully saturated rings. The fourth-order valence-electron chi connectivity index (χ4n) is 1.56. The first-order chi connectivity index (χ1) is 5.33. The van der Waals surface area contributed by atoms with Crippen LogP contribution in [-0.4, -0.2) is 5.78 Å². The van der Waals surface area contributed by atoms with Gasteiger partial charge in [-0.1, -0.05) is 0 Å². The number of rotatable bonds is 2. The van der Waals surface area contributed by atoms with E-state index in [-0.39, 0.29) is 0 Å². The Kier molecular flexibility index (Phi) is 3.10. The quantitative estimate of drug-likeness (QED) is 0.606. The maximum atomic E-state index is 10.8. The van der Waals surface area contributed by atoms with E-state index in [9.17, 15) is 4.79 Å². The van der Waals surface area contributed by atoms with Crippen molar-refractivity contribution in [2.45, 2.75) is 38.5 Å². The molecule has 2 heteroatoms. The molecule has 0 aromatic carbocycles. The zero-order valence-electron chi connectivity index (χ0n) is 6.68. The third-order valence-electron chi connectivity index (χ3n) is 2.33. The van der Waals surface area contributed by atoms with Gasteiger partial charge in [-0.3, -0.25) is 4.79 Å². The van der Waals surface area contributed by atoms with E-state index >= 15 is 0 Å². The Labute approximate surface area is 67.2 Å². The summed E-state index contributed by atoms with van der Waals surface area (Å²) < 4.78 is 0. The van der Waals surface area contributed by atoms with Gasteiger partial charge in [0.2, 0.25) is 0 Å². The molecule has 0 spiro atoms. The van der Waals surface area contributed by atoms with E-state index in [0.717, 1.165) is 32.1 Å². The van der Waals surface area contributed by atoms with Gasteiger partial charge in [-0.15, -0.1) is 0 Å². The molecule has 0 aliphatic heterocycles. The van der Waals surface area contributed by atoms with Crippen molar-refractivity contribution >= 4 is 5.78 Å². The minimum absolute atomic E-state index is 0.401. The van der Waals surface area contributed by atoms with E-state index < -0.39 is 0 Å². The summed E-state index contributed by atoms with van der Waals surface area (Å²) in [5.74, 6) is 1.05. The Morgan fingerprint density at radius 2 is 2.09 bits per heavy atom. The van der Waals surface area contributed by atoms with Gasteiger partial charge in [0, 0.05) is 19.3 Å². The second-order valence-corrected chi connectivity index (χ2v) is 3.18. The predicted octanol–water partition coefficient (Wildman–Crippen LogP) is 2.05. The summed E-state index contributed by atoms with van der Waals surface area (Å²) >= 11 is 0. The average Bonchev–Trinajstić information content (AvgIpc) is 2.04. The number of Topliss-reactive ketones (excluding diaryl/α,β-unsaturated/α-hetero) is 1. The predicted molar refractivity (Wildman–Crippen MR) is 41.8 cm³/mol. The van der Waals surface area contributed by atoms with Gasteiger partial charge < -0.3 is 0 Å². The first kappa shape index (κ1) is 8.26. The highest BCUT2D eigenvalue weighted by Crippen LogP contribution is 2.24. The lowest BCUT2D eigenvalue weighted by molar-refractivity contribution is -0.121. The summed E-state index contributed by atoms with van der Waals surface area (Å²) in [6.45, 7) is 0. The van der Waals surface area contributed by atoms with Crippen LogP contribution in [0.3, 0.4) is 0 Å². The van der Waals surface area contributed by atoms with E-state index in [1.54, 1.807) is 0 Å². The van der Waals surface area contributed by atoms with E-state index in [0.29, 0.717) is 18.1 Å². The molecule has 0 atom stereocenters. The molecule has 1 saturated carbocycles. The van der Waals surface area contributed by atoms with Gasteiger partial charge in [-0.05, 0) is 25.2 Å². The lowest BCUT2D eigenvalue weighted by atomic mass is 9.86. The van der Waals surface area contributed by atoms with Gasteiger partial charge in [0.15, 0.2) is 0 Å². The van der Waals surface area contributed by atoms with Gasteiger partial charge >= 0.3 is 0 Å². The fourth-order valence-corrected chi connectivity index (χ4v) is 1.56. The van der Waals surface area contributed by atoms with Crippen LogP contribution in [0.25, 0.3) is 0 Å². The monoisotopic (exact) mass is 151 g/mol. The minimum Gasteiger partial charge on any atom is -0.300 e. The summed E-state index contributed by atoms with van der Waals surface area (Å²) in [5.41, 5.74) is 0. The van der Waals surface area contributed by atoms with Crippen molar-refractivity contribution in [3.05, 3.63) is 0 Å². The number of nitrogens with zero attached hydrogens (tertiary/aromatic N) is 1. The first-order valence-corrected chi connectivity index (χ1v) is 4.21. The number of carbonyl (C=O) groups is 1. The van der Waals surface area contributed by atoms with E-state index in [1.807, 2.05) is 0 Å². The number of ketones is 1. The number of nitriles is 1. The topological polar surface area (TPSA) is 40.9 Å². The molecular formula is C9H13NO. The standard InChI is InChI=1S/C9H13NO/c10-7-1-2-8-3-5-9(11)6-4-8/h8H,1-6H2. The molecule has 1 rings (SSSR count). The molecule has 0 aromatic heterocycles. The number of hydrogen-bond acceptors (Lipinski definition) is 2. The molecule has 60 valence electrons. The first-order valence-electron chi connectivity index (χ1n) is 4.21. The molecule has 0 aromatic rings. The lowest BCUT2D eigenvalue weighted by Gasteiger charge is -2.19. The third-order valence-corrected chi connectivity index (χ3v) is 2.33. The highest BCUT2D eigenvalue weighted by atomic mass is 16.1. The molecule has 2 nitrogen and oxygen atoms in total. The van der Waals surface area contributed by atoms with Crippen LogP contribution >= 0.6 is 0 Å². The highest BCUT2D eigenvalue weighted by molar-refractivity contribution is 5.78. The molecule has 0 N–H and O–H groups in total. The van der Waals surface area contributed by atoms with Gasteiger partial charge in [-0.25, -0.2) is 0 Å². The van der Waals surface area contributed by atoms with Crippen LogP contribution in [-0.2, 0) is 4.79 Å². The third kappa shape index (κ3) is 2.71. The van der Waals surface area contributed by atoms with Crippen LogP contribution in [0.2, 0.25) is 0 Å². The SMILES string of the molecule is N#CCCC1CCC(=O)CC1. The summed E-state index contributed by atoms with van der Waals surface area (Å²) in [7, 11) is 0. The molecular weight excluding hydrogens is 138 g/mol. The van der Waals surface area contributed by atoms with Gasteiger partial charge in [0.05, 0.1) is 6.07 Å². The van der Waals surface area contributed by atoms with Crippen LogP contribution in [0, 0.1) is 17.2 Å². The van der Waals surface area contributed by atoms with Gasteiger partial charge in [-0.2, -0.15) is 5.26 Å². The molecule has 0 bridgehead atoms. The summed E-state index contributed by atoms with van der Waals surface area (Å²) in [6, 6.07) is 2.14. The van der Waals surface area contributed by atoms with Crippen LogP contribution in [0.15, 0.2) is 0 Å². The Balaban J connectivity index is 2.18. The molecule has 11 heavy (non-hydrogen) atoms. The zero-order valence-corrected chi connectivity index (χ0v) is 6.68. The minimum atomic E-state index is 0.401. The second-order valence-electron chi connectivity index (χ2n) is 3.18. The molecule has 0 amide bonds. The van der Waals surface area contributed by atoms with E-state index in [4.69, 9.17) is 5.26 Å². The van der Waals surface area contributed by atoms with Crippen LogP contribution in [0.1, 0.15) is 38.5 Å². The second kappa shape index (κ2) is 4.12. The highest BCUT2D eigenvalue weighted by Gasteiger charge is 2.17. The van der Waals surface area contributed by atoms with E-state index in [2.05, 4.69) is 6.07 Å². The Bertz CT molecular complexity index is 170. The molecule has 0 radical (unpaired) electrons. The summed E-state index contributed by atoms with van der Waals surface area (Å²) in [5, 5.41) is 8.33. The Morgan fingerprint density at radius 3 is 2.64 bits per heavy atom. The molecule has 0 heterocycles. The molecule has 1 aliphatic rings. The summed E-state index contributed by atoms with van der Waals surface area (Å²) in [4.78, 5) is 10.8. The molecule has 1 aliphatic carbocycles. The van der Waals surface area contributed by atoms with Crippen molar-refractivity contribution in [2.75, 3.05) is 0 Å². The lowest BCUT2D eigenvalue weighted by Crippen LogP contribution is -2.13. The maximum absolute atomic E-state index is 10.8. The average molecular weight is 151 g/mol. The van der Waals surface area contributed by atoms with Crippen molar-refractivity contribution in [1.82, 2.24) is 0 Å². The van der Waals surface area contributed by atoms with E-state index in [1.165, 1.54) is 0 Å². The zero-order chi connectivity index (χ0) is 8.10. The van der Waals surface area contributed by atoms with Crippen molar-refractivity contribution in [3.8, 4) is 6.07 Å². The van der Waals surface area contributed by atoms with Crippen LogP contribution in [0.4, 0.5) is 0 Å². The number of hydrogen-bond donors (Lipinski definition) is 0.